The quantitative estimate of drug-likeness (QED) is 0.785. The van der Waals surface area contributed by atoms with Crippen LogP contribution in [0, 0.1) is 6.92 Å². The Morgan fingerprint density at radius 3 is 2.81 bits per heavy atom. The molecular formula is C14H9ClN2O3S. The summed E-state index contributed by atoms with van der Waals surface area (Å²) in [6.45, 7) is 1.89. The molecule has 0 bridgehead atoms. The normalized spacial score (nSPS) is 10.8. The van der Waals surface area contributed by atoms with E-state index in [0.717, 1.165) is 22.4 Å². The van der Waals surface area contributed by atoms with Crippen LogP contribution in [0.5, 0.6) is 10.9 Å². The molecule has 3 aromatic rings. The molecule has 0 fully saturated rings. The first kappa shape index (κ1) is 13.8. The third-order valence-electron chi connectivity index (χ3n) is 2.78. The molecule has 7 heteroatoms. The molecule has 0 saturated heterocycles. The first-order chi connectivity index (χ1) is 10.0. The van der Waals surface area contributed by atoms with Gasteiger partial charge in [0.25, 0.3) is 5.19 Å². The van der Waals surface area contributed by atoms with Crippen molar-refractivity contribution in [3.63, 3.8) is 0 Å². The second-order valence-electron chi connectivity index (χ2n) is 4.29. The van der Waals surface area contributed by atoms with Crippen molar-refractivity contribution >= 4 is 39.8 Å². The summed E-state index contributed by atoms with van der Waals surface area (Å²) in [7, 11) is 0. The minimum atomic E-state index is -1.13. The van der Waals surface area contributed by atoms with Gasteiger partial charge in [0, 0.05) is 11.1 Å². The van der Waals surface area contributed by atoms with E-state index in [1.54, 1.807) is 6.07 Å². The number of fused-ring (bicyclic) bond motifs is 1. The molecule has 0 spiro atoms. The van der Waals surface area contributed by atoms with Crippen LogP contribution in [0.15, 0.2) is 30.3 Å². The maximum atomic E-state index is 11.0. The molecule has 0 atom stereocenters. The van der Waals surface area contributed by atoms with Gasteiger partial charge in [-0.05, 0) is 19.1 Å². The predicted octanol–water partition coefficient (Wildman–Crippen LogP) is 4.14. The van der Waals surface area contributed by atoms with Gasteiger partial charge in [-0.2, -0.15) is 4.98 Å². The van der Waals surface area contributed by atoms with Crippen LogP contribution >= 0.6 is 22.9 Å². The lowest BCUT2D eigenvalue weighted by Crippen LogP contribution is -1.91. The Balaban J connectivity index is 2.04. The topological polar surface area (TPSA) is 72.3 Å². The lowest BCUT2D eigenvalue weighted by Gasteiger charge is -2.06. The van der Waals surface area contributed by atoms with E-state index in [1.807, 2.05) is 31.2 Å². The molecule has 5 nitrogen and oxygen atoms in total. The van der Waals surface area contributed by atoms with Crippen LogP contribution in [0.1, 0.15) is 15.4 Å². The highest BCUT2D eigenvalue weighted by Gasteiger charge is 2.17. The van der Waals surface area contributed by atoms with Gasteiger partial charge in [-0.1, -0.05) is 41.1 Å². The summed E-state index contributed by atoms with van der Waals surface area (Å²) in [6.07, 6.45) is 0. The van der Waals surface area contributed by atoms with Crippen molar-refractivity contribution in [3.8, 4) is 10.9 Å². The fourth-order valence-electron chi connectivity index (χ4n) is 1.85. The monoisotopic (exact) mass is 320 g/mol. The number of ether oxygens (including phenoxy) is 1. The highest BCUT2D eigenvalue weighted by Crippen LogP contribution is 2.34. The van der Waals surface area contributed by atoms with Crippen LogP contribution < -0.4 is 4.74 Å². The van der Waals surface area contributed by atoms with Crippen LogP contribution in [-0.2, 0) is 0 Å². The van der Waals surface area contributed by atoms with E-state index in [9.17, 15) is 4.79 Å². The van der Waals surface area contributed by atoms with Gasteiger partial charge in [0.2, 0.25) is 0 Å². The summed E-state index contributed by atoms with van der Waals surface area (Å²) in [6, 6.07) is 9.37. The van der Waals surface area contributed by atoms with Crippen molar-refractivity contribution in [3.05, 3.63) is 46.1 Å². The second-order valence-corrected chi connectivity index (χ2v) is 5.61. The largest absolute Gasteiger partial charge is 0.477 e. The van der Waals surface area contributed by atoms with E-state index in [0.29, 0.717) is 11.3 Å². The van der Waals surface area contributed by atoms with E-state index in [1.165, 1.54) is 0 Å². The average molecular weight is 321 g/mol. The molecule has 0 aliphatic rings. The second kappa shape index (κ2) is 5.31. The molecule has 21 heavy (non-hydrogen) atoms. The maximum Gasteiger partial charge on any atom is 0.349 e. The molecule has 0 unspecified atom stereocenters. The minimum absolute atomic E-state index is 0.0453. The number of pyridine rings is 1. The number of aromatic nitrogens is 2. The first-order valence-electron chi connectivity index (χ1n) is 5.98. The smallest absolute Gasteiger partial charge is 0.349 e. The Hall–Kier alpha value is -2.18. The van der Waals surface area contributed by atoms with Gasteiger partial charge < -0.3 is 9.84 Å². The van der Waals surface area contributed by atoms with Crippen LogP contribution in [0.4, 0.5) is 0 Å². The third kappa shape index (κ3) is 2.68. The lowest BCUT2D eigenvalue weighted by molar-refractivity contribution is 0.0702. The van der Waals surface area contributed by atoms with Gasteiger partial charge in [-0.3, -0.25) is 0 Å². The molecule has 0 aliphatic carbocycles. The molecule has 1 N–H and O–H groups in total. The van der Waals surface area contributed by atoms with Crippen LogP contribution in [0.2, 0.25) is 5.15 Å². The fraction of sp³-hybridized carbons (Fsp3) is 0.0714. The van der Waals surface area contributed by atoms with E-state index >= 15 is 0 Å². The van der Waals surface area contributed by atoms with E-state index in [4.69, 9.17) is 21.4 Å². The average Bonchev–Trinajstić information content (AvgIpc) is 2.80. The number of benzene rings is 1. The third-order valence-corrected chi connectivity index (χ3v) is 4.09. The number of aromatic carboxylic acids is 1. The van der Waals surface area contributed by atoms with Gasteiger partial charge in [0.1, 0.15) is 5.52 Å². The Bertz CT molecular complexity index is 847. The first-order valence-corrected chi connectivity index (χ1v) is 7.18. The standard InChI is InChI=1S/C14H9ClN2O3S/c1-7-5-6-8-3-2-4-9(10(8)16-7)20-14-17-12(15)11(21-14)13(18)19/h2-6H,1H3,(H,18,19). The maximum absolute atomic E-state index is 11.0. The number of carboxylic acids is 1. The fourth-order valence-corrected chi connectivity index (χ4v) is 2.84. The molecule has 106 valence electrons. The van der Waals surface area contributed by atoms with E-state index in [-0.39, 0.29) is 15.2 Å². The van der Waals surface area contributed by atoms with Crippen molar-refractivity contribution < 1.29 is 14.6 Å². The number of hydrogen-bond acceptors (Lipinski definition) is 5. The van der Waals surface area contributed by atoms with Gasteiger partial charge in [0.15, 0.2) is 15.8 Å². The zero-order valence-corrected chi connectivity index (χ0v) is 12.4. The molecule has 3 rings (SSSR count). The van der Waals surface area contributed by atoms with Crippen molar-refractivity contribution in [2.24, 2.45) is 0 Å². The number of carboxylic acid groups (broad SMARTS) is 1. The summed E-state index contributed by atoms with van der Waals surface area (Å²) in [4.78, 5) is 19.3. The van der Waals surface area contributed by atoms with Gasteiger partial charge in [-0.15, -0.1) is 0 Å². The number of hydrogen-bond donors (Lipinski definition) is 1. The van der Waals surface area contributed by atoms with Crippen molar-refractivity contribution in [1.29, 1.82) is 0 Å². The van der Waals surface area contributed by atoms with Crippen LogP contribution in [0.3, 0.4) is 0 Å². The summed E-state index contributed by atoms with van der Waals surface area (Å²) in [5, 5.41) is 10.00. The van der Waals surface area contributed by atoms with Gasteiger partial charge in [0.05, 0.1) is 0 Å². The number of aryl methyl sites for hydroxylation is 1. The Kier molecular flexibility index (Phi) is 3.48. The summed E-state index contributed by atoms with van der Waals surface area (Å²) in [5.74, 6) is -0.613. The minimum Gasteiger partial charge on any atom is -0.477 e. The lowest BCUT2D eigenvalue weighted by atomic mass is 10.2. The zero-order valence-electron chi connectivity index (χ0n) is 10.8. The van der Waals surface area contributed by atoms with E-state index in [2.05, 4.69) is 9.97 Å². The molecule has 0 aliphatic heterocycles. The SMILES string of the molecule is Cc1ccc2cccc(Oc3nc(Cl)c(C(=O)O)s3)c2n1. The molecule has 0 radical (unpaired) electrons. The molecule has 2 heterocycles. The van der Waals surface area contributed by atoms with Crippen molar-refractivity contribution in [1.82, 2.24) is 9.97 Å². The number of carbonyl (C=O) groups is 1. The summed E-state index contributed by atoms with van der Waals surface area (Å²) < 4.78 is 5.66. The molecule has 1 aromatic carbocycles. The Morgan fingerprint density at radius 2 is 2.10 bits per heavy atom. The number of thiazole rings is 1. The number of nitrogens with zero attached hydrogens (tertiary/aromatic N) is 2. The van der Waals surface area contributed by atoms with Crippen molar-refractivity contribution in [2.75, 3.05) is 0 Å². The number of halogens is 1. The van der Waals surface area contributed by atoms with Gasteiger partial charge in [-0.25, -0.2) is 9.78 Å². The van der Waals surface area contributed by atoms with Crippen LogP contribution in [0.25, 0.3) is 10.9 Å². The van der Waals surface area contributed by atoms with Crippen molar-refractivity contribution in [2.45, 2.75) is 6.92 Å². The van der Waals surface area contributed by atoms with Crippen LogP contribution in [-0.4, -0.2) is 21.0 Å². The van der Waals surface area contributed by atoms with Gasteiger partial charge >= 0.3 is 5.97 Å². The number of para-hydroxylation sites is 1. The van der Waals surface area contributed by atoms with E-state index < -0.39 is 5.97 Å². The summed E-state index contributed by atoms with van der Waals surface area (Å²) >= 11 is 6.66. The Labute approximate surface area is 128 Å². The number of rotatable bonds is 3. The predicted molar refractivity (Wildman–Crippen MR) is 80.6 cm³/mol. The zero-order chi connectivity index (χ0) is 15.0. The molecule has 0 amide bonds. The Morgan fingerprint density at radius 1 is 1.29 bits per heavy atom. The molecule has 0 saturated carbocycles. The highest BCUT2D eigenvalue weighted by molar-refractivity contribution is 7.15. The molecule has 2 aromatic heterocycles. The summed E-state index contributed by atoms with van der Waals surface area (Å²) in [5.41, 5.74) is 1.56. The highest BCUT2D eigenvalue weighted by atomic mass is 35.5. The molecular weight excluding hydrogens is 312 g/mol.